The molecule has 0 spiro atoms. The molecular formula is C12H16N2O. The number of nitrogens with one attached hydrogen (secondary N) is 2. The zero-order valence-corrected chi connectivity index (χ0v) is 8.86. The molecule has 15 heavy (non-hydrogen) atoms. The van der Waals surface area contributed by atoms with Crippen molar-refractivity contribution < 1.29 is 4.79 Å². The highest BCUT2D eigenvalue weighted by Crippen LogP contribution is 2.12. The van der Waals surface area contributed by atoms with Gasteiger partial charge in [-0.1, -0.05) is 30.3 Å². The number of carbonyl (C=O) groups excluding carboxylic acids is 1. The molecule has 2 N–H and O–H groups in total. The monoisotopic (exact) mass is 204 g/mol. The van der Waals surface area contributed by atoms with E-state index in [0.29, 0.717) is 0 Å². The van der Waals surface area contributed by atoms with E-state index < -0.39 is 0 Å². The van der Waals surface area contributed by atoms with Gasteiger partial charge in [-0.25, -0.2) is 0 Å². The van der Waals surface area contributed by atoms with Crippen LogP contribution in [0.25, 0.3) is 0 Å². The number of carbonyl (C=O) groups is 1. The molecule has 0 bridgehead atoms. The van der Waals surface area contributed by atoms with Crippen molar-refractivity contribution in [3.63, 3.8) is 0 Å². The van der Waals surface area contributed by atoms with E-state index in [9.17, 15) is 4.79 Å². The fraction of sp³-hybridized carbons (Fsp3) is 0.417. The molecule has 1 fully saturated rings. The second-order valence-electron chi connectivity index (χ2n) is 3.94. The second-order valence-corrected chi connectivity index (χ2v) is 3.94. The highest BCUT2D eigenvalue weighted by Gasteiger charge is 2.25. The fourth-order valence-corrected chi connectivity index (χ4v) is 1.65. The van der Waals surface area contributed by atoms with Gasteiger partial charge in [-0.05, 0) is 25.5 Å². The van der Waals surface area contributed by atoms with Crippen molar-refractivity contribution in [2.24, 2.45) is 0 Å². The molecule has 3 heteroatoms. The van der Waals surface area contributed by atoms with E-state index in [2.05, 4.69) is 10.6 Å². The second kappa shape index (κ2) is 4.45. The summed E-state index contributed by atoms with van der Waals surface area (Å²) < 4.78 is 0. The highest BCUT2D eigenvalue weighted by molar-refractivity contribution is 5.83. The lowest BCUT2D eigenvalue weighted by Crippen LogP contribution is -2.53. The molecule has 1 saturated heterocycles. The van der Waals surface area contributed by atoms with Crippen molar-refractivity contribution in [3.8, 4) is 0 Å². The van der Waals surface area contributed by atoms with Gasteiger partial charge >= 0.3 is 0 Å². The minimum atomic E-state index is 0.0242. The quantitative estimate of drug-likeness (QED) is 0.777. The Kier molecular flexibility index (Phi) is 3.02. The summed E-state index contributed by atoms with van der Waals surface area (Å²) in [5.41, 5.74) is 1.14. The summed E-state index contributed by atoms with van der Waals surface area (Å²) in [7, 11) is 0. The normalized spacial score (nSPS) is 21.5. The summed E-state index contributed by atoms with van der Waals surface area (Å²) >= 11 is 0. The zero-order chi connectivity index (χ0) is 10.7. The molecule has 1 heterocycles. The fourth-order valence-electron chi connectivity index (χ4n) is 1.65. The first-order chi connectivity index (χ1) is 7.27. The minimum absolute atomic E-state index is 0.0242. The Morgan fingerprint density at radius 3 is 2.67 bits per heavy atom. The van der Waals surface area contributed by atoms with E-state index in [4.69, 9.17) is 0 Å². The Labute approximate surface area is 89.9 Å². The molecule has 0 aliphatic carbocycles. The van der Waals surface area contributed by atoms with Gasteiger partial charge in [0.2, 0.25) is 5.91 Å². The average Bonchev–Trinajstić information content (AvgIpc) is 2.16. The summed E-state index contributed by atoms with van der Waals surface area (Å²) in [5.74, 6) is 0.109. The molecule has 1 aliphatic heterocycles. The van der Waals surface area contributed by atoms with Gasteiger partial charge in [-0.2, -0.15) is 0 Å². The van der Waals surface area contributed by atoms with E-state index in [1.165, 1.54) is 0 Å². The Morgan fingerprint density at radius 2 is 2.13 bits per heavy atom. The molecule has 2 atom stereocenters. The first-order valence-electron chi connectivity index (χ1n) is 5.36. The lowest BCUT2D eigenvalue weighted by molar-refractivity contribution is -0.125. The number of amides is 1. The van der Waals surface area contributed by atoms with Crippen LogP contribution < -0.4 is 10.6 Å². The van der Waals surface area contributed by atoms with Crippen LogP contribution in [0, 0.1) is 0 Å². The van der Waals surface area contributed by atoms with Crippen molar-refractivity contribution in [3.05, 3.63) is 35.9 Å². The molecule has 2 rings (SSSR count). The zero-order valence-electron chi connectivity index (χ0n) is 8.86. The summed E-state index contributed by atoms with van der Waals surface area (Å²) in [5, 5.41) is 6.09. The molecule has 1 aliphatic rings. The van der Waals surface area contributed by atoms with Crippen LogP contribution in [0.1, 0.15) is 24.9 Å². The van der Waals surface area contributed by atoms with Gasteiger partial charge in [0.25, 0.3) is 0 Å². The van der Waals surface area contributed by atoms with Crippen LogP contribution in [-0.2, 0) is 4.79 Å². The van der Waals surface area contributed by atoms with Gasteiger partial charge in [0.15, 0.2) is 0 Å². The maximum atomic E-state index is 11.6. The first-order valence-corrected chi connectivity index (χ1v) is 5.36. The number of hydrogen-bond donors (Lipinski definition) is 2. The van der Waals surface area contributed by atoms with E-state index in [-0.39, 0.29) is 18.0 Å². The van der Waals surface area contributed by atoms with Gasteiger partial charge in [0.1, 0.15) is 0 Å². The topological polar surface area (TPSA) is 41.1 Å². The van der Waals surface area contributed by atoms with Crippen molar-refractivity contribution in [1.29, 1.82) is 0 Å². The largest absolute Gasteiger partial charge is 0.348 e. The summed E-state index contributed by atoms with van der Waals surface area (Å²) in [6.07, 6.45) is 0.952. The Hall–Kier alpha value is -1.35. The average molecular weight is 204 g/mol. The maximum Gasteiger partial charge on any atom is 0.237 e. The predicted molar refractivity (Wildman–Crippen MR) is 59.4 cm³/mol. The lowest BCUT2D eigenvalue weighted by Gasteiger charge is -2.28. The molecule has 0 saturated carbocycles. The molecule has 3 nitrogen and oxygen atoms in total. The summed E-state index contributed by atoms with van der Waals surface area (Å²) in [6.45, 7) is 2.96. The summed E-state index contributed by atoms with van der Waals surface area (Å²) in [6, 6.07) is 10.1. The summed E-state index contributed by atoms with van der Waals surface area (Å²) in [4.78, 5) is 11.6. The Balaban J connectivity index is 1.91. The predicted octanol–water partition coefficient (Wildman–Crippen LogP) is 1.23. The number of benzene rings is 1. The van der Waals surface area contributed by atoms with Gasteiger partial charge in [-0.3, -0.25) is 4.79 Å². The first kappa shape index (κ1) is 10.2. The molecule has 1 aromatic carbocycles. The van der Waals surface area contributed by atoms with E-state index in [0.717, 1.165) is 18.5 Å². The third kappa shape index (κ3) is 2.36. The van der Waals surface area contributed by atoms with E-state index in [1.807, 2.05) is 37.3 Å². The van der Waals surface area contributed by atoms with Crippen LogP contribution in [0.3, 0.4) is 0 Å². The van der Waals surface area contributed by atoms with Gasteiger partial charge < -0.3 is 10.6 Å². The lowest BCUT2D eigenvalue weighted by atomic mass is 10.0. The Morgan fingerprint density at radius 1 is 1.47 bits per heavy atom. The highest BCUT2D eigenvalue weighted by atomic mass is 16.2. The van der Waals surface area contributed by atoms with Crippen LogP contribution in [0.2, 0.25) is 0 Å². The Bertz CT molecular complexity index is 333. The molecular weight excluding hydrogens is 188 g/mol. The molecule has 0 aromatic heterocycles. The minimum Gasteiger partial charge on any atom is -0.348 e. The molecule has 0 radical (unpaired) electrons. The standard InChI is InChI=1S/C12H16N2O/c1-9(10-5-3-2-4-6-10)14-12(15)11-7-8-13-11/h2-6,9,11,13H,7-8H2,1H3,(H,14,15)/t9-,11?/m1/s1. The van der Waals surface area contributed by atoms with Crippen molar-refractivity contribution >= 4 is 5.91 Å². The van der Waals surface area contributed by atoms with Crippen LogP contribution >= 0.6 is 0 Å². The van der Waals surface area contributed by atoms with Gasteiger partial charge in [0.05, 0.1) is 12.1 Å². The molecule has 80 valence electrons. The van der Waals surface area contributed by atoms with Crippen LogP contribution in [0.5, 0.6) is 0 Å². The van der Waals surface area contributed by atoms with Crippen molar-refractivity contribution in [1.82, 2.24) is 10.6 Å². The molecule has 1 aromatic rings. The van der Waals surface area contributed by atoms with Gasteiger partial charge in [-0.15, -0.1) is 0 Å². The smallest absolute Gasteiger partial charge is 0.237 e. The van der Waals surface area contributed by atoms with E-state index >= 15 is 0 Å². The number of hydrogen-bond acceptors (Lipinski definition) is 2. The molecule has 1 amide bonds. The van der Waals surface area contributed by atoms with Crippen molar-refractivity contribution in [2.45, 2.75) is 25.4 Å². The van der Waals surface area contributed by atoms with Crippen molar-refractivity contribution in [2.75, 3.05) is 6.54 Å². The van der Waals surface area contributed by atoms with Crippen LogP contribution in [0.4, 0.5) is 0 Å². The third-order valence-corrected chi connectivity index (χ3v) is 2.80. The third-order valence-electron chi connectivity index (χ3n) is 2.80. The van der Waals surface area contributed by atoms with Crippen LogP contribution in [0.15, 0.2) is 30.3 Å². The van der Waals surface area contributed by atoms with Gasteiger partial charge in [0, 0.05) is 0 Å². The maximum absolute atomic E-state index is 11.6. The number of rotatable bonds is 3. The molecule has 1 unspecified atom stereocenters. The van der Waals surface area contributed by atoms with E-state index in [1.54, 1.807) is 0 Å². The SMILES string of the molecule is C[C@@H](NC(=O)C1CCN1)c1ccccc1. The van der Waals surface area contributed by atoms with Crippen LogP contribution in [-0.4, -0.2) is 18.5 Å².